The minimum absolute atomic E-state index is 0.121. The summed E-state index contributed by atoms with van der Waals surface area (Å²) in [5, 5.41) is 9.73. The van der Waals surface area contributed by atoms with E-state index >= 15 is 0 Å². The third-order valence-corrected chi connectivity index (χ3v) is 3.56. The molecule has 1 aliphatic rings. The van der Waals surface area contributed by atoms with E-state index in [-0.39, 0.29) is 5.91 Å². The highest BCUT2D eigenvalue weighted by molar-refractivity contribution is 5.90. The molecule has 0 radical (unpaired) electrons. The molecule has 2 N–H and O–H groups in total. The van der Waals surface area contributed by atoms with E-state index in [9.17, 15) is 4.79 Å². The van der Waals surface area contributed by atoms with Crippen molar-refractivity contribution in [2.24, 2.45) is 5.92 Å². The van der Waals surface area contributed by atoms with Gasteiger partial charge in [0, 0.05) is 12.0 Å². The molecule has 0 bridgehead atoms. The zero-order chi connectivity index (χ0) is 12.1. The average Bonchev–Trinajstić information content (AvgIpc) is 2.77. The quantitative estimate of drug-likeness (QED) is 0.843. The van der Waals surface area contributed by atoms with Gasteiger partial charge in [0.15, 0.2) is 0 Å². The molecule has 1 fully saturated rings. The summed E-state index contributed by atoms with van der Waals surface area (Å²) in [5.41, 5.74) is 1.07. The van der Waals surface area contributed by atoms with Crippen LogP contribution in [0.25, 0.3) is 0 Å². The predicted molar refractivity (Wildman–Crippen MR) is 67.8 cm³/mol. The van der Waals surface area contributed by atoms with Crippen LogP contribution in [0.4, 0.5) is 5.82 Å². The van der Waals surface area contributed by atoms with E-state index in [0.717, 1.165) is 17.8 Å². The molecule has 0 aliphatic heterocycles. The van der Waals surface area contributed by atoms with Crippen LogP contribution in [0.1, 0.15) is 51.0 Å². The second-order valence-corrected chi connectivity index (χ2v) is 4.88. The van der Waals surface area contributed by atoms with E-state index in [1.807, 2.05) is 0 Å². The van der Waals surface area contributed by atoms with E-state index in [1.54, 1.807) is 6.20 Å². The lowest BCUT2D eigenvalue weighted by Crippen LogP contribution is -2.19. The number of nitrogens with one attached hydrogen (secondary N) is 2. The van der Waals surface area contributed by atoms with E-state index < -0.39 is 0 Å². The van der Waals surface area contributed by atoms with Gasteiger partial charge in [0.2, 0.25) is 5.91 Å². The number of hydrogen-bond donors (Lipinski definition) is 2. The fraction of sp³-hybridized carbons (Fsp3) is 0.692. The van der Waals surface area contributed by atoms with Crippen LogP contribution in [0.2, 0.25) is 0 Å². The average molecular weight is 235 g/mol. The van der Waals surface area contributed by atoms with Crippen molar-refractivity contribution in [3.05, 3.63) is 11.8 Å². The number of anilines is 1. The molecule has 4 nitrogen and oxygen atoms in total. The summed E-state index contributed by atoms with van der Waals surface area (Å²) < 4.78 is 0. The van der Waals surface area contributed by atoms with Crippen molar-refractivity contribution in [3.8, 4) is 0 Å². The second kappa shape index (κ2) is 5.84. The summed E-state index contributed by atoms with van der Waals surface area (Å²) in [4.78, 5) is 11.9. The number of rotatable bonds is 4. The highest BCUT2D eigenvalue weighted by Crippen LogP contribution is 2.26. The first-order chi connectivity index (χ1) is 8.29. The van der Waals surface area contributed by atoms with Crippen LogP contribution < -0.4 is 5.32 Å². The number of H-pyrrole nitrogens is 1. The van der Waals surface area contributed by atoms with Crippen molar-refractivity contribution in [2.45, 2.75) is 51.9 Å². The molecule has 1 amide bonds. The smallest absolute Gasteiger partial charge is 0.225 e. The number of amides is 1. The molecule has 0 aromatic carbocycles. The highest BCUT2D eigenvalue weighted by atomic mass is 16.1. The molecule has 0 spiro atoms. The lowest BCUT2D eigenvalue weighted by atomic mass is 9.87. The Morgan fingerprint density at radius 2 is 2.24 bits per heavy atom. The topological polar surface area (TPSA) is 57.8 Å². The first-order valence-electron chi connectivity index (χ1n) is 6.61. The third kappa shape index (κ3) is 3.32. The third-order valence-electron chi connectivity index (χ3n) is 3.56. The van der Waals surface area contributed by atoms with Gasteiger partial charge in [0.25, 0.3) is 0 Å². The normalized spacial score (nSPS) is 17.0. The minimum atomic E-state index is 0.121. The fourth-order valence-electron chi connectivity index (χ4n) is 2.53. The van der Waals surface area contributed by atoms with Crippen molar-refractivity contribution in [3.63, 3.8) is 0 Å². The first-order valence-corrected chi connectivity index (χ1v) is 6.61. The number of aromatic amines is 1. The molecule has 2 rings (SSSR count). The van der Waals surface area contributed by atoms with Gasteiger partial charge in [-0.1, -0.05) is 26.2 Å². The molecule has 1 aromatic heterocycles. The molecule has 4 heteroatoms. The molecule has 1 aliphatic carbocycles. The van der Waals surface area contributed by atoms with Crippen molar-refractivity contribution < 1.29 is 4.79 Å². The minimum Gasteiger partial charge on any atom is -0.311 e. The molecule has 94 valence electrons. The monoisotopic (exact) mass is 235 g/mol. The Morgan fingerprint density at radius 3 is 2.94 bits per heavy atom. The Balaban J connectivity index is 1.84. The second-order valence-electron chi connectivity index (χ2n) is 4.88. The molecular formula is C13H21N3O. The summed E-state index contributed by atoms with van der Waals surface area (Å²) in [5.74, 6) is 1.47. The number of aromatic nitrogens is 2. The number of carbonyl (C=O) groups is 1. The Labute approximate surface area is 102 Å². The maximum absolute atomic E-state index is 11.9. The van der Waals surface area contributed by atoms with Crippen LogP contribution in [0.15, 0.2) is 6.20 Å². The van der Waals surface area contributed by atoms with Crippen LogP contribution in [-0.4, -0.2) is 16.1 Å². The maximum atomic E-state index is 11.9. The van der Waals surface area contributed by atoms with E-state index in [1.165, 1.54) is 32.1 Å². The van der Waals surface area contributed by atoms with Gasteiger partial charge in [-0.15, -0.1) is 0 Å². The molecule has 0 atom stereocenters. The number of hydrogen-bond acceptors (Lipinski definition) is 2. The Bertz CT molecular complexity index is 366. The number of carbonyl (C=O) groups excluding carboxylic acids is 1. The zero-order valence-electron chi connectivity index (χ0n) is 10.5. The molecular weight excluding hydrogens is 214 g/mol. The summed E-state index contributed by atoms with van der Waals surface area (Å²) in [6.07, 6.45) is 9.62. The molecule has 1 saturated carbocycles. The number of aryl methyl sites for hydroxylation is 1. The SMILES string of the molecule is CCc1cn[nH]c1NC(=O)CC1CCCCC1. The fourth-order valence-corrected chi connectivity index (χ4v) is 2.53. The van der Waals surface area contributed by atoms with Gasteiger partial charge in [-0.2, -0.15) is 5.10 Å². The predicted octanol–water partition coefficient (Wildman–Crippen LogP) is 2.88. The van der Waals surface area contributed by atoms with Crippen LogP contribution in [0.5, 0.6) is 0 Å². The molecule has 1 heterocycles. The van der Waals surface area contributed by atoms with Crippen molar-refractivity contribution >= 4 is 11.7 Å². The summed E-state index contributed by atoms with van der Waals surface area (Å²) in [6, 6.07) is 0. The van der Waals surface area contributed by atoms with Gasteiger partial charge in [0.05, 0.1) is 6.20 Å². The summed E-state index contributed by atoms with van der Waals surface area (Å²) in [7, 11) is 0. The lowest BCUT2D eigenvalue weighted by Gasteiger charge is -2.20. The van der Waals surface area contributed by atoms with Gasteiger partial charge in [0.1, 0.15) is 5.82 Å². The van der Waals surface area contributed by atoms with Crippen LogP contribution in [0, 0.1) is 5.92 Å². The van der Waals surface area contributed by atoms with Gasteiger partial charge < -0.3 is 5.32 Å². The molecule has 0 unspecified atom stereocenters. The van der Waals surface area contributed by atoms with Gasteiger partial charge in [-0.05, 0) is 25.2 Å². The van der Waals surface area contributed by atoms with Crippen LogP contribution in [0.3, 0.4) is 0 Å². The highest BCUT2D eigenvalue weighted by Gasteiger charge is 2.17. The standard InChI is InChI=1S/C13H21N3O/c1-2-11-9-14-16-13(11)15-12(17)8-10-6-4-3-5-7-10/h9-10H,2-8H2,1H3,(H2,14,15,16,17). The van der Waals surface area contributed by atoms with Gasteiger partial charge >= 0.3 is 0 Å². The summed E-state index contributed by atoms with van der Waals surface area (Å²) in [6.45, 7) is 2.06. The maximum Gasteiger partial charge on any atom is 0.225 e. The zero-order valence-corrected chi connectivity index (χ0v) is 10.5. The van der Waals surface area contributed by atoms with E-state index in [4.69, 9.17) is 0 Å². The van der Waals surface area contributed by atoms with Crippen molar-refractivity contribution in [1.82, 2.24) is 10.2 Å². The van der Waals surface area contributed by atoms with Crippen molar-refractivity contribution in [2.75, 3.05) is 5.32 Å². The van der Waals surface area contributed by atoms with Gasteiger partial charge in [-0.25, -0.2) is 0 Å². The van der Waals surface area contributed by atoms with E-state index in [0.29, 0.717) is 12.3 Å². The van der Waals surface area contributed by atoms with Crippen LogP contribution >= 0.6 is 0 Å². The van der Waals surface area contributed by atoms with Gasteiger partial charge in [-0.3, -0.25) is 9.89 Å². The first kappa shape index (κ1) is 12.1. The Kier molecular flexibility index (Phi) is 4.18. The molecule has 17 heavy (non-hydrogen) atoms. The van der Waals surface area contributed by atoms with Crippen LogP contribution in [-0.2, 0) is 11.2 Å². The van der Waals surface area contributed by atoms with E-state index in [2.05, 4.69) is 22.4 Å². The lowest BCUT2D eigenvalue weighted by molar-refractivity contribution is -0.117. The molecule has 1 aromatic rings. The Morgan fingerprint density at radius 1 is 1.47 bits per heavy atom. The summed E-state index contributed by atoms with van der Waals surface area (Å²) >= 11 is 0. The Hall–Kier alpha value is -1.32. The number of nitrogens with zero attached hydrogens (tertiary/aromatic N) is 1. The molecule has 0 saturated heterocycles. The largest absolute Gasteiger partial charge is 0.311 e. The van der Waals surface area contributed by atoms with Crippen molar-refractivity contribution in [1.29, 1.82) is 0 Å².